The molecule has 5 heteroatoms. The van der Waals surface area contributed by atoms with Crippen molar-refractivity contribution >= 4 is 5.97 Å². The fraction of sp³-hybridized carbons (Fsp3) is 0.947. The number of ether oxygens (including phenoxy) is 2. The first-order chi connectivity index (χ1) is 11.7. The Labute approximate surface area is 145 Å². The van der Waals surface area contributed by atoms with Crippen molar-refractivity contribution in [1.29, 1.82) is 0 Å². The van der Waals surface area contributed by atoms with Crippen LogP contribution in [0.4, 0.5) is 0 Å². The summed E-state index contributed by atoms with van der Waals surface area (Å²) in [4.78, 5) is 13.6. The summed E-state index contributed by atoms with van der Waals surface area (Å²) in [5.74, 6) is 0.0519. The van der Waals surface area contributed by atoms with Gasteiger partial charge in [-0.2, -0.15) is 0 Å². The second-order valence-electron chi connectivity index (χ2n) is 7.79. The number of hydrogen-bond donors (Lipinski definition) is 1. The number of nitrogens with zero attached hydrogens (tertiary/aromatic N) is 1. The van der Waals surface area contributed by atoms with Gasteiger partial charge in [-0.3, -0.25) is 9.69 Å². The first-order valence-electron chi connectivity index (χ1n) is 9.96. The van der Waals surface area contributed by atoms with Crippen molar-refractivity contribution in [3.8, 4) is 0 Å². The Bertz CT molecular complexity index is 371. The van der Waals surface area contributed by atoms with Crippen LogP contribution >= 0.6 is 0 Å². The summed E-state index contributed by atoms with van der Waals surface area (Å²) in [5, 5.41) is 9.43. The van der Waals surface area contributed by atoms with E-state index in [4.69, 9.17) is 9.47 Å². The lowest BCUT2D eigenvalue weighted by atomic mass is 9.85. The van der Waals surface area contributed by atoms with Gasteiger partial charge in [-0.25, -0.2) is 0 Å². The highest BCUT2D eigenvalue weighted by molar-refractivity contribution is 5.73. The van der Waals surface area contributed by atoms with E-state index in [0.29, 0.717) is 0 Å². The van der Waals surface area contributed by atoms with Gasteiger partial charge >= 0.3 is 5.97 Å². The van der Waals surface area contributed by atoms with Gasteiger partial charge in [-0.05, 0) is 51.0 Å². The van der Waals surface area contributed by atoms with Gasteiger partial charge in [-0.15, -0.1) is 0 Å². The van der Waals surface area contributed by atoms with Gasteiger partial charge in [-0.1, -0.05) is 32.1 Å². The first kappa shape index (κ1) is 18.2. The summed E-state index contributed by atoms with van der Waals surface area (Å²) in [6.45, 7) is 2.42. The molecule has 0 aromatic carbocycles. The molecular formula is C19H33NO4. The van der Waals surface area contributed by atoms with Gasteiger partial charge < -0.3 is 14.6 Å². The molecular weight excluding hydrogens is 306 g/mol. The molecule has 0 spiro atoms. The van der Waals surface area contributed by atoms with Crippen LogP contribution < -0.4 is 0 Å². The average molecular weight is 339 g/mol. The van der Waals surface area contributed by atoms with Crippen molar-refractivity contribution in [2.45, 2.75) is 89.1 Å². The smallest absolute Gasteiger partial charge is 0.320 e. The zero-order valence-electron chi connectivity index (χ0n) is 14.8. The van der Waals surface area contributed by atoms with Crippen molar-refractivity contribution in [2.24, 2.45) is 5.92 Å². The molecule has 0 aromatic heterocycles. The van der Waals surface area contributed by atoms with E-state index in [1.165, 1.54) is 38.5 Å². The van der Waals surface area contributed by atoms with E-state index in [1.54, 1.807) is 0 Å². The molecule has 3 atom stereocenters. The largest absolute Gasteiger partial charge is 0.480 e. The lowest BCUT2D eigenvalue weighted by molar-refractivity contribution is -0.195. The highest BCUT2D eigenvalue weighted by Crippen LogP contribution is 2.30. The number of carboxylic acids is 1. The molecule has 24 heavy (non-hydrogen) atoms. The van der Waals surface area contributed by atoms with Crippen LogP contribution in [0.25, 0.3) is 0 Å². The van der Waals surface area contributed by atoms with E-state index in [0.717, 1.165) is 57.7 Å². The van der Waals surface area contributed by atoms with E-state index in [9.17, 15) is 9.90 Å². The van der Waals surface area contributed by atoms with Crippen LogP contribution in [0.2, 0.25) is 0 Å². The van der Waals surface area contributed by atoms with Crippen LogP contribution in [0.15, 0.2) is 0 Å². The van der Waals surface area contributed by atoms with Crippen LogP contribution in [-0.2, 0) is 14.3 Å². The zero-order chi connectivity index (χ0) is 16.8. The molecule has 3 rings (SSSR count). The summed E-state index contributed by atoms with van der Waals surface area (Å²) in [6, 6.07) is -0.324. The molecule has 1 aliphatic carbocycles. The predicted octanol–water partition coefficient (Wildman–Crippen LogP) is 3.42. The van der Waals surface area contributed by atoms with Gasteiger partial charge in [0, 0.05) is 13.2 Å². The predicted molar refractivity (Wildman–Crippen MR) is 91.9 cm³/mol. The summed E-state index contributed by atoms with van der Waals surface area (Å²) in [5.41, 5.74) is 0. The monoisotopic (exact) mass is 339 g/mol. The minimum absolute atomic E-state index is 0.0850. The number of rotatable bonds is 7. The first-order valence-corrected chi connectivity index (χ1v) is 9.96. The molecule has 5 nitrogen and oxygen atoms in total. The lowest BCUT2D eigenvalue weighted by Crippen LogP contribution is -2.43. The quantitative estimate of drug-likeness (QED) is 0.770. The van der Waals surface area contributed by atoms with Crippen LogP contribution in [0, 0.1) is 5.92 Å². The minimum Gasteiger partial charge on any atom is -0.480 e. The van der Waals surface area contributed by atoms with Gasteiger partial charge in [0.2, 0.25) is 0 Å². The third-order valence-corrected chi connectivity index (χ3v) is 5.89. The molecule has 1 saturated carbocycles. The van der Waals surface area contributed by atoms with Crippen molar-refractivity contribution in [3.63, 3.8) is 0 Å². The Hall–Kier alpha value is -0.650. The molecule has 2 aliphatic heterocycles. The van der Waals surface area contributed by atoms with Crippen molar-refractivity contribution in [2.75, 3.05) is 19.7 Å². The Morgan fingerprint density at radius 1 is 1.08 bits per heavy atom. The Morgan fingerprint density at radius 2 is 1.88 bits per heavy atom. The van der Waals surface area contributed by atoms with E-state index in [-0.39, 0.29) is 18.4 Å². The van der Waals surface area contributed by atoms with Crippen LogP contribution in [0.5, 0.6) is 0 Å². The average Bonchev–Trinajstić information content (AvgIpc) is 3.05. The molecule has 2 saturated heterocycles. The van der Waals surface area contributed by atoms with Gasteiger partial charge in [0.05, 0.1) is 6.10 Å². The summed E-state index contributed by atoms with van der Waals surface area (Å²) < 4.78 is 12.1. The Morgan fingerprint density at radius 3 is 2.58 bits per heavy atom. The molecule has 138 valence electrons. The third-order valence-electron chi connectivity index (χ3n) is 5.89. The van der Waals surface area contributed by atoms with Crippen LogP contribution in [0.3, 0.4) is 0 Å². The standard InChI is InChI=1S/C19H33NO4/c21-19(22)17-9-6-11-20(17)14-16(13-15-7-2-1-3-8-15)24-18-10-4-5-12-23-18/h15-18H,1-14H2,(H,21,22)/t16?,17-,18?/m0/s1. The number of carboxylic acid groups (broad SMARTS) is 1. The Balaban J connectivity index is 1.58. The summed E-state index contributed by atoms with van der Waals surface area (Å²) in [7, 11) is 0. The minimum atomic E-state index is -0.683. The molecule has 2 heterocycles. The van der Waals surface area contributed by atoms with Gasteiger partial charge in [0.25, 0.3) is 0 Å². The summed E-state index contributed by atoms with van der Waals surface area (Å²) >= 11 is 0. The Kier molecular flexibility index (Phi) is 6.93. The summed E-state index contributed by atoms with van der Waals surface area (Å²) in [6.07, 6.45) is 12.7. The highest BCUT2D eigenvalue weighted by atomic mass is 16.7. The van der Waals surface area contributed by atoms with E-state index >= 15 is 0 Å². The molecule has 0 aromatic rings. The maximum atomic E-state index is 11.5. The SMILES string of the molecule is O=C(O)[C@@H]1CCCN1CC(CC1CCCCC1)OC1CCCCO1. The maximum Gasteiger partial charge on any atom is 0.320 e. The topological polar surface area (TPSA) is 59.0 Å². The molecule has 2 unspecified atom stereocenters. The molecule has 3 aliphatic rings. The van der Waals surface area contributed by atoms with Gasteiger partial charge in [0.15, 0.2) is 6.29 Å². The second-order valence-corrected chi connectivity index (χ2v) is 7.79. The lowest BCUT2D eigenvalue weighted by Gasteiger charge is -2.34. The second kappa shape index (κ2) is 9.16. The number of hydrogen-bond acceptors (Lipinski definition) is 4. The maximum absolute atomic E-state index is 11.5. The molecule has 0 radical (unpaired) electrons. The fourth-order valence-corrected chi connectivity index (χ4v) is 4.59. The molecule has 0 bridgehead atoms. The van der Waals surface area contributed by atoms with Crippen molar-refractivity contribution in [1.82, 2.24) is 4.90 Å². The molecule has 3 fully saturated rings. The number of likely N-dealkylation sites (tertiary alicyclic amines) is 1. The number of aliphatic carboxylic acids is 1. The normalized spacial score (nSPS) is 31.2. The third kappa shape index (κ3) is 5.17. The van der Waals surface area contributed by atoms with Gasteiger partial charge in [0.1, 0.15) is 6.04 Å². The zero-order valence-corrected chi connectivity index (χ0v) is 14.8. The fourth-order valence-electron chi connectivity index (χ4n) is 4.59. The molecule has 0 amide bonds. The van der Waals surface area contributed by atoms with E-state index < -0.39 is 5.97 Å². The van der Waals surface area contributed by atoms with E-state index in [1.807, 2.05) is 0 Å². The van der Waals surface area contributed by atoms with Crippen molar-refractivity contribution in [3.05, 3.63) is 0 Å². The highest BCUT2D eigenvalue weighted by Gasteiger charge is 2.34. The van der Waals surface area contributed by atoms with Crippen molar-refractivity contribution < 1.29 is 19.4 Å². The number of carbonyl (C=O) groups is 1. The van der Waals surface area contributed by atoms with Crippen LogP contribution in [-0.4, -0.2) is 54.1 Å². The molecule has 1 N–H and O–H groups in total. The van der Waals surface area contributed by atoms with Crippen LogP contribution in [0.1, 0.15) is 70.6 Å². The van der Waals surface area contributed by atoms with E-state index in [2.05, 4.69) is 4.90 Å².